The van der Waals surface area contributed by atoms with E-state index in [0.717, 1.165) is 22.6 Å². The van der Waals surface area contributed by atoms with Crippen molar-refractivity contribution in [1.82, 2.24) is 5.43 Å². The standard InChI is InChI=1S/C20H24N4O4S/c1-6-28-19(26)16-12(2)17(13(3)25)29-18(16)22-20(27)23-21-11-14-7-9-15(10-8-14)24(4)5/h7-11H,6H2,1-5H3,(H2,22,23,27). The van der Waals surface area contributed by atoms with Gasteiger partial charge in [-0.15, -0.1) is 11.3 Å². The van der Waals surface area contributed by atoms with Gasteiger partial charge in [-0.05, 0) is 44.0 Å². The number of hydrogen-bond donors (Lipinski definition) is 2. The first kappa shape index (κ1) is 22.1. The number of ether oxygens (including phenoxy) is 1. The Hall–Kier alpha value is -3.20. The van der Waals surface area contributed by atoms with Crippen LogP contribution in [-0.2, 0) is 4.74 Å². The molecule has 0 aliphatic heterocycles. The summed E-state index contributed by atoms with van der Waals surface area (Å²) in [6.07, 6.45) is 1.51. The summed E-state index contributed by atoms with van der Waals surface area (Å²) in [4.78, 5) is 38.6. The molecule has 1 aromatic carbocycles. The maximum absolute atomic E-state index is 12.2. The van der Waals surface area contributed by atoms with Gasteiger partial charge >= 0.3 is 12.0 Å². The molecular formula is C20H24N4O4S. The average molecular weight is 417 g/mol. The number of hydrazone groups is 1. The fraction of sp³-hybridized carbons (Fsp3) is 0.300. The highest BCUT2D eigenvalue weighted by Crippen LogP contribution is 2.34. The molecule has 154 valence electrons. The van der Waals surface area contributed by atoms with Crippen LogP contribution < -0.4 is 15.6 Å². The molecule has 2 N–H and O–H groups in total. The van der Waals surface area contributed by atoms with E-state index in [1.807, 2.05) is 43.3 Å². The summed E-state index contributed by atoms with van der Waals surface area (Å²) in [5.74, 6) is -0.778. The molecule has 0 saturated carbocycles. The minimum absolute atomic E-state index is 0.181. The first-order valence-electron chi connectivity index (χ1n) is 8.93. The zero-order chi connectivity index (χ0) is 21.6. The maximum Gasteiger partial charge on any atom is 0.341 e. The topological polar surface area (TPSA) is 100 Å². The Morgan fingerprint density at radius 1 is 1.21 bits per heavy atom. The number of amides is 2. The van der Waals surface area contributed by atoms with E-state index in [1.165, 1.54) is 13.1 Å². The Bertz CT molecular complexity index is 933. The number of anilines is 2. The third kappa shape index (κ3) is 5.64. The number of hydrogen-bond acceptors (Lipinski definition) is 7. The van der Waals surface area contributed by atoms with Gasteiger partial charge in [0.1, 0.15) is 5.00 Å². The first-order chi connectivity index (χ1) is 13.7. The molecule has 0 unspecified atom stereocenters. The number of nitrogens with zero attached hydrogens (tertiary/aromatic N) is 2. The molecule has 0 fully saturated rings. The Morgan fingerprint density at radius 2 is 1.86 bits per heavy atom. The molecule has 0 radical (unpaired) electrons. The zero-order valence-electron chi connectivity index (χ0n) is 17.0. The molecule has 0 aliphatic rings. The molecule has 1 aromatic heterocycles. The molecular weight excluding hydrogens is 392 g/mol. The predicted octanol–water partition coefficient (Wildman–Crippen LogP) is 3.66. The highest BCUT2D eigenvalue weighted by atomic mass is 32.1. The van der Waals surface area contributed by atoms with Crippen LogP contribution >= 0.6 is 11.3 Å². The molecule has 2 aromatic rings. The molecule has 0 spiro atoms. The van der Waals surface area contributed by atoms with Crippen LogP contribution in [0.5, 0.6) is 0 Å². The SMILES string of the molecule is CCOC(=O)c1c(NC(=O)NN=Cc2ccc(N(C)C)cc2)sc(C(C)=O)c1C. The van der Waals surface area contributed by atoms with E-state index >= 15 is 0 Å². The number of esters is 1. The monoisotopic (exact) mass is 416 g/mol. The fourth-order valence-electron chi connectivity index (χ4n) is 2.54. The van der Waals surface area contributed by atoms with E-state index in [4.69, 9.17) is 4.74 Å². The lowest BCUT2D eigenvalue weighted by molar-refractivity contribution is 0.0527. The molecule has 1 heterocycles. The largest absolute Gasteiger partial charge is 0.462 e. The number of carbonyl (C=O) groups is 3. The van der Waals surface area contributed by atoms with Gasteiger partial charge in [0.2, 0.25) is 0 Å². The van der Waals surface area contributed by atoms with Crippen LogP contribution in [0.25, 0.3) is 0 Å². The number of benzene rings is 1. The van der Waals surface area contributed by atoms with E-state index in [9.17, 15) is 14.4 Å². The van der Waals surface area contributed by atoms with E-state index in [1.54, 1.807) is 13.8 Å². The van der Waals surface area contributed by atoms with Gasteiger partial charge in [-0.3, -0.25) is 10.1 Å². The lowest BCUT2D eigenvalue weighted by atomic mass is 10.1. The van der Waals surface area contributed by atoms with Gasteiger partial charge in [0.15, 0.2) is 5.78 Å². The Balaban J connectivity index is 2.10. The molecule has 0 atom stereocenters. The van der Waals surface area contributed by atoms with Crippen LogP contribution in [0, 0.1) is 6.92 Å². The van der Waals surface area contributed by atoms with Crippen molar-refractivity contribution in [2.45, 2.75) is 20.8 Å². The minimum Gasteiger partial charge on any atom is -0.462 e. The van der Waals surface area contributed by atoms with Crippen molar-refractivity contribution in [2.24, 2.45) is 5.10 Å². The quantitative estimate of drug-likeness (QED) is 0.311. The van der Waals surface area contributed by atoms with Crippen molar-refractivity contribution in [2.75, 3.05) is 30.9 Å². The number of ketones is 1. The van der Waals surface area contributed by atoms with Gasteiger partial charge in [0.25, 0.3) is 0 Å². The van der Waals surface area contributed by atoms with Gasteiger partial charge in [0.05, 0.1) is 23.3 Å². The number of urea groups is 1. The smallest absolute Gasteiger partial charge is 0.341 e. The van der Waals surface area contributed by atoms with Gasteiger partial charge in [-0.2, -0.15) is 5.10 Å². The van der Waals surface area contributed by atoms with E-state index in [-0.39, 0.29) is 23.0 Å². The minimum atomic E-state index is -0.631. The van der Waals surface area contributed by atoms with E-state index in [2.05, 4.69) is 15.8 Å². The Labute approximate surface area is 173 Å². The summed E-state index contributed by atoms with van der Waals surface area (Å²) in [7, 11) is 3.90. The Morgan fingerprint density at radius 3 is 2.41 bits per heavy atom. The number of Topliss-reactive ketones (excluding diaryl/α,β-unsaturated/α-hetero) is 1. The number of thiophene rings is 1. The molecule has 2 amide bonds. The van der Waals surface area contributed by atoms with E-state index < -0.39 is 12.0 Å². The highest BCUT2D eigenvalue weighted by molar-refractivity contribution is 7.18. The van der Waals surface area contributed by atoms with Crippen LogP contribution in [0.15, 0.2) is 29.4 Å². The second-order valence-electron chi connectivity index (χ2n) is 6.35. The van der Waals surface area contributed by atoms with Crippen LogP contribution in [0.1, 0.15) is 45.0 Å². The molecule has 9 heteroatoms. The molecule has 2 rings (SSSR count). The Kier molecular flexibility index (Phi) is 7.49. The number of carbonyl (C=O) groups excluding carboxylic acids is 3. The molecule has 0 saturated heterocycles. The first-order valence-corrected chi connectivity index (χ1v) is 9.75. The van der Waals surface area contributed by atoms with Crippen LogP contribution in [-0.4, -0.2) is 44.7 Å². The number of nitrogens with one attached hydrogen (secondary N) is 2. The van der Waals surface area contributed by atoms with E-state index in [0.29, 0.717) is 10.4 Å². The lowest BCUT2D eigenvalue weighted by Crippen LogP contribution is -2.24. The average Bonchev–Trinajstić information content (AvgIpc) is 2.98. The van der Waals surface area contributed by atoms with Crippen molar-refractivity contribution in [3.05, 3.63) is 45.8 Å². The number of rotatable bonds is 7. The van der Waals surface area contributed by atoms with Gasteiger partial charge in [-0.25, -0.2) is 15.0 Å². The third-order valence-electron chi connectivity index (χ3n) is 3.96. The van der Waals surface area contributed by atoms with Crippen LogP contribution in [0.2, 0.25) is 0 Å². The van der Waals surface area contributed by atoms with Crippen molar-refractivity contribution in [1.29, 1.82) is 0 Å². The lowest BCUT2D eigenvalue weighted by Gasteiger charge is -2.11. The summed E-state index contributed by atoms with van der Waals surface area (Å²) in [6.45, 7) is 4.93. The zero-order valence-corrected chi connectivity index (χ0v) is 17.8. The maximum atomic E-state index is 12.2. The van der Waals surface area contributed by atoms with Gasteiger partial charge in [-0.1, -0.05) is 12.1 Å². The van der Waals surface area contributed by atoms with Crippen molar-refractivity contribution >= 4 is 46.0 Å². The molecule has 8 nitrogen and oxygen atoms in total. The highest BCUT2D eigenvalue weighted by Gasteiger charge is 2.25. The molecule has 0 bridgehead atoms. The van der Waals surface area contributed by atoms with Crippen LogP contribution in [0.4, 0.5) is 15.5 Å². The van der Waals surface area contributed by atoms with Crippen molar-refractivity contribution < 1.29 is 19.1 Å². The summed E-state index contributed by atoms with van der Waals surface area (Å²) >= 11 is 1.03. The second-order valence-corrected chi connectivity index (χ2v) is 7.37. The second kappa shape index (κ2) is 9.83. The summed E-state index contributed by atoms with van der Waals surface area (Å²) in [5.41, 5.74) is 4.88. The van der Waals surface area contributed by atoms with Crippen molar-refractivity contribution in [3.63, 3.8) is 0 Å². The normalized spacial score (nSPS) is 10.7. The van der Waals surface area contributed by atoms with Gasteiger partial charge < -0.3 is 9.64 Å². The molecule has 0 aliphatic carbocycles. The van der Waals surface area contributed by atoms with Crippen LogP contribution in [0.3, 0.4) is 0 Å². The predicted molar refractivity (Wildman–Crippen MR) is 116 cm³/mol. The van der Waals surface area contributed by atoms with Gasteiger partial charge in [0, 0.05) is 19.8 Å². The third-order valence-corrected chi connectivity index (χ3v) is 5.27. The fourth-order valence-corrected chi connectivity index (χ4v) is 3.63. The summed E-state index contributed by atoms with van der Waals surface area (Å²) < 4.78 is 5.04. The van der Waals surface area contributed by atoms with Crippen molar-refractivity contribution in [3.8, 4) is 0 Å². The summed E-state index contributed by atoms with van der Waals surface area (Å²) in [5, 5.41) is 6.72. The molecule has 29 heavy (non-hydrogen) atoms. The summed E-state index contributed by atoms with van der Waals surface area (Å²) in [6, 6.07) is 6.99.